The SMILES string of the molecule is COc1cc(CNC(=O)c2cc3c(nc4sccn43)s2)ccc1C. The van der Waals surface area contributed by atoms with Gasteiger partial charge in [0.15, 0.2) is 4.96 Å². The maximum atomic E-state index is 12.4. The summed E-state index contributed by atoms with van der Waals surface area (Å²) < 4.78 is 7.33. The second-order valence-electron chi connectivity index (χ2n) is 5.46. The number of hydrogen-bond donors (Lipinski definition) is 1. The van der Waals surface area contributed by atoms with E-state index < -0.39 is 0 Å². The number of methoxy groups -OCH3 is 1. The summed E-state index contributed by atoms with van der Waals surface area (Å²) in [6, 6.07) is 7.84. The normalized spacial score (nSPS) is 11.2. The van der Waals surface area contributed by atoms with Crippen molar-refractivity contribution in [2.45, 2.75) is 13.5 Å². The van der Waals surface area contributed by atoms with E-state index in [1.807, 2.05) is 47.2 Å². The topological polar surface area (TPSA) is 55.6 Å². The molecule has 0 aliphatic rings. The van der Waals surface area contributed by atoms with E-state index in [2.05, 4.69) is 10.3 Å². The minimum Gasteiger partial charge on any atom is -0.496 e. The molecule has 0 radical (unpaired) electrons. The standard InChI is InChI=1S/C17H15N3O2S2/c1-10-3-4-11(7-13(10)22-2)9-18-15(21)14-8-12-16(24-14)19-17-20(12)5-6-23-17/h3-8H,9H2,1-2H3,(H,18,21). The maximum absolute atomic E-state index is 12.4. The predicted molar refractivity (Wildman–Crippen MR) is 97.4 cm³/mol. The number of thiazole rings is 1. The minimum atomic E-state index is -0.0819. The average Bonchev–Trinajstić information content (AvgIpc) is 3.25. The molecule has 0 unspecified atom stereocenters. The molecule has 7 heteroatoms. The van der Waals surface area contributed by atoms with E-state index in [-0.39, 0.29) is 5.91 Å². The highest BCUT2D eigenvalue weighted by molar-refractivity contribution is 7.21. The Labute approximate surface area is 146 Å². The van der Waals surface area contributed by atoms with E-state index >= 15 is 0 Å². The molecule has 0 atom stereocenters. The number of carbonyl (C=O) groups excluding carboxylic acids is 1. The van der Waals surface area contributed by atoms with Gasteiger partial charge in [-0.05, 0) is 30.2 Å². The van der Waals surface area contributed by atoms with Gasteiger partial charge in [0.25, 0.3) is 5.91 Å². The number of imidazole rings is 1. The minimum absolute atomic E-state index is 0.0819. The van der Waals surface area contributed by atoms with Crippen LogP contribution in [0.2, 0.25) is 0 Å². The smallest absolute Gasteiger partial charge is 0.261 e. The van der Waals surface area contributed by atoms with Crippen molar-refractivity contribution in [1.29, 1.82) is 0 Å². The van der Waals surface area contributed by atoms with Crippen molar-refractivity contribution in [3.05, 3.63) is 51.8 Å². The van der Waals surface area contributed by atoms with E-state index in [0.717, 1.165) is 32.2 Å². The molecule has 122 valence electrons. The molecule has 0 saturated heterocycles. The van der Waals surface area contributed by atoms with Gasteiger partial charge < -0.3 is 10.1 Å². The molecule has 3 aromatic heterocycles. The lowest BCUT2D eigenvalue weighted by molar-refractivity contribution is 0.0955. The van der Waals surface area contributed by atoms with Crippen LogP contribution in [0.5, 0.6) is 5.75 Å². The van der Waals surface area contributed by atoms with Crippen LogP contribution in [-0.4, -0.2) is 22.4 Å². The summed E-state index contributed by atoms with van der Waals surface area (Å²) in [5, 5.41) is 4.95. The number of carbonyl (C=O) groups is 1. The fraction of sp³-hybridized carbons (Fsp3) is 0.176. The molecule has 0 aliphatic carbocycles. The number of nitrogens with zero attached hydrogens (tertiary/aromatic N) is 2. The molecule has 3 heterocycles. The lowest BCUT2D eigenvalue weighted by Gasteiger charge is -2.08. The van der Waals surface area contributed by atoms with Crippen LogP contribution in [0.25, 0.3) is 15.3 Å². The van der Waals surface area contributed by atoms with Gasteiger partial charge in [0.2, 0.25) is 0 Å². The largest absolute Gasteiger partial charge is 0.496 e. The third-order valence-electron chi connectivity index (χ3n) is 3.89. The molecular weight excluding hydrogens is 342 g/mol. The Kier molecular flexibility index (Phi) is 3.74. The number of aromatic nitrogens is 2. The number of rotatable bonds is 4. The Morgan fingerprint density at radius 1 is 1.38 bits per heavy atom. The van der Waals surface area contributed by atoms with E-state index in [9.17, 15) is 4.79 Å². The Hall–Kier alpha value is -2.38. The Morgan fingerprint density at radius 3 is 3.08 bits per heavy atom. The maximum Gasteiger partial charge on any atom is 0.261 e. The molecule has 0 spiro atoms. The third-order valence-corrected chi connectivity index (χ3v) is 5.66. The summed E-state index contributed by atoms with van der Waals surface area (Å²) in [4.78, 5) is 19.5. The fourth-order valence-corrected chi connectivity index (χ4v) is 4.32. The first-order valence-corrected chi connectivity index (χ1v) is 9.12. The summed E-state index contributed by atoms with van der Waals surface area (Å²) in [6.45, 7) is 2.46. The Balaban J connectivity index is 1.52. The van der Waals surface area contributed by atoms with E-state index in [4.69, 9.17) is 4.74 Å². The zero-order valence-electron chi connectivity index (χ0n) is 13.2. The molecule has 1 amide bonds. The molecule has 4 rings (SSSR count). The first kappa shape index (κ1) is 15.2. The second kappa shape index (κ2) is 5.92. The summed E-state index contributed by atoms with van der Waals surface area (Å²) in [7, 11) is 1.65. The number of aryl methyl sites for hydroxylation is 1. The highest BCUT2D eigenvalue weighted by Gasteiger charge is 2.15. The molecule has 5 nitrogen and oxygen atoms in total. The van der Waals surface area contributed by atoms with Crippen LogP contribution < -0.4 is 10.1 Å². The van der Waals surface area contributed by atoms with Gasteiger partial charge in [-0.15, -0.1) is 22.7 Å². The van der Waals surface area contributed by atoms with Gasteiger partial charge in [0.05, 0.1) is 17.5 Å². The number of benzene rings is 1. The Morgan fingerprint density at radius 2 is 2.25 bits per heavy atom. The molecule has 0 fully saturated rings. The first-order chi connectivity index (χ1) is 11.7. The molecule has 0 saturated carbocycles. The Bertz CT molecular complexity index is 1040. The molecule has 24 heavy (non-hydrogen) atoms. The number of thiophene rings is 1. The highest BCUT2D eigenvalue weighted by Crippen LogP contribution is 2.28. The van der Waals surface area contributed by atoms with E-state index in [1.54, 1.807) is 18.4 Å². The summed E-state index contributed by atoms with van der Waals surface area (Å²) >= 11 is 3.01. The van der Waals surface area contributed by atoms with Gasteiger partial charge >= 0.3 is 0 Å². The van der Waals surface area contributed by atoms with Crippen LogP contribution in [0.15, 0.2) is 35.8 Å². The number of ether oxygens (including phenoxy) is 1. The van der Waals surface area contributed by atoms with Crippen LogP contribution in [0.4, 0.5) is 0 Å². The molecule has 4 aromatic rings. The highest BCUT2D eigenvalue weighted by atomic mass is 32.1. The van der Waals surface area contributed by atoms with Gasteiger partial charge in [0, 0.05) is 18.1 Å². The van der Waals surface area contributed by atoms with Gasteiger partial charge in [0.1, 0.15) is 10.6 Å². The van der Waals surface area contributed by atoms with Crippen LogP contribution in [-0.2, 0) is 6.54 Å². The van der Waals surface area contributed by atoms with Crippen molar-refractivity contribution in [3.63, 3.8) is 0 Å². The molecular formula is C17H15N3O2S2. The number of fused-ring (bicyclic) bond motifs is 3. The molecule has 0 bridgehead atoms. The molecule has 0 aliphatic heterocycles. The van der Waals surface area contributed by atoms with Crippen LogP contribution in [0.1, 0.15) is 20.8 Å². The fourth-order valence-electron chi connectivity index (χ4n) is 2.60. The predicted octanol–water partition coefficient (Wildman–Crippen LogP) is 3.86. The molecule has 1 N–H and O–H groups in total. The van der Waals surface area contributed by atoms with Gasteiger partial charge in [-0.3, -0.25) is 9.20 Å². The van der Waals surface area contributed by atoms with Crippen molar-refractivity contribution in [3.8, 4) is 5.75 Å². The lowest BCUT2D eigenvalue weighted by atomic mass is 10.1. The lowest BCUT2D eigenvalue weighted by Crippen LogP contribution is -2.21. The van der Waals surface area contributed by atoms with Gasteiger partial charge in [-0.25, -0.2) is 4.98 Å². The first-order valence-electron chi connectivity index (χ1n) is 7.42. The van der Waals surface area contributed by atoms with E-state index in [0.29, 0.717) is 11.4 Å². The van der Waals surface area contributed by atoms with Crippen LogP contribution >= 0.6 is 22.7 Å². The summed E-state index contributed by atoms with van der Waals surface area (Å²) in [5.41, 5.74) is 3.07. The average molecular weight is 357 g/mol. The van der Waals surface area contributed by atoms with E-state index in [1.165, 1.54) is 11.3 Å². The van der Waals surface area contributed by atoms with Crippen LogP contribution in [0, 0.1) is 6.92 Å². The van der Waals surface area contributed by atoms with Gasteiger partial charge in [-0.2, -0.15) is 0 Å². The second-order valence-corrected chi connectivity index (χ2v) is 7.36. The summed E-state index contributed by atoms with van der Waals surface area (Å²) in [6.07, 6.45) is 1.97. The van der Waals surface area contributed by atoms with Crippen molar-refractivity contribution in [1.82, 2.24) is 14.7 Å². The third kappa shape index (κ3) is 2.55. The van der Waals surface area contributed by atoms with Crippen LogP contribution in [0.3, 0.4) is 0 Å². The quantitative estimate of drug-likeness (QED) is 0.603. The zero-order chi connectivity index (χ0) is 16.7. The number of hydrogen-bond acceptors (Lipinski definition) is 5. The molecule has 1 aromatic carbocycles. The summed E-state index contributed by atoms with van der Waals surface area (Å²) in [5.74, 6) is 0.749. The van der Waals surface area contributed by atoms with Crippen molar-refractivity contribution in [2.24, 2.45) is 0 Å². The number of amides is 1. The van der Waals surface area contributed by atoms with Crippen molar-refractivity contribution >= 4 is 43.9 Å². The monoisotopic (exact) mass is 357 g/mol. The number of nitrogens with one attached hydrogen (secondary N) is 1. The van der Waals surface area contributed by atoms with Crippen molar-refractivity contribution in [2.75, 3.05) is 7.11 Å². The zero-order valence-corrected chi connectivity index (χ0v) is 14.8. The van der Waals surface area contributed by atoms with Crippen molar-refractivity contribution < 1.29 is 9.53 Å². The van der Waals surface area contributed by atoms with Gasteiger partial charge in [-0.1, -0.05) is 12.1 Å².